The number of rotatable bonds is 4. The molecular weight excluding hydrogens is 202 g/mol. The van der Waals surface area contributed by atoms with Crippen molar-refractivity contribution in [2.45, 2.75) is 19.0 Å². The Morgan fingerprint density at radius 3 is 3.12 bits per heavy atom. The predicted octanol–water partition coefficient (Wildman–Crippen LogP) is 1.03. The smallest absolute Gasteiger partial charge is 0.132 e. The number of anilines is 1. The molecule has 16 heavy (non-hydrogen) atoms. The molecule has 1 aromatic heterocycles. The minimum absolute atomic E-state index is 0.496. The van der Waals surface area contributed by atoms with Crippen molar-refractivity contribution in [3.63, 3.8) is 0 Å². The van der Waals surface area contributed by atoms with Crippen molar-refractivity contribution >= 4 is 5.82 Å². The molecule has 0 aliphatic carbocycles. The van der Waals surface area contributed by atoms with Gasteiger partial charge in [0.05, 0.1) is 6.61 Å². The van der Waals surface area contributed by atoms with Crippen LogP contribution in [0.5, 0.6) is 0 Å². The third-order valence-electron chi connectivity index (χ3n) is 2.80. The van der Waals surface area contributed by atoms with E-state index in [-0.39, 0.29) is 0 Å². The zero-order valence-corrected chi connectivity index (χ0v) is 9.94. The monoisotopic (exact) mass is 221 g/mol. The average Bonchev–Trinajstić information content (AvgIpc) is 2.79. The van der Waals surface area contributed by atoms with Crippen LogP contribution in [0.4, 0.5) is 5.82 Å². The minimum Gasteiger partial charge on any atom is -0.380 e. The van der Waals surface area contributed by atoms with Crippen LogP contribution in [0.3, 0.4) is 0 Å². The Balaban J connectivity index is 1.97. The van der Waals surface area contributed by atoms with Crippen molar-refractivity contribution in [3.8, 4) is 0 Å². The molecule has 0 aromatic carbocycles. The molecule has 0 spiro atoms. The van der Waals surface area contributed by atoms with Crippen molar-refractivity contribution in [2.24, 2.45) is 0 Å². The normalized spacial score (nSPS) is 20.0. The Morgan fingerprint density at radius 1 is 1.56 bits per heavy atom. The highest BCUT2D eigenvalue weighted by Crippen LogP contribution is 2.14. The van der Waals surface area contributed by atoms with Gasteiger partial charge in [0.15, 0.2) is 0 Å². The number of nitrogens with one attached hydrogen (secondary N) is 1. The molecule has 1 fully saturated rings. The average molecular weight is 221 g/mol. The first-order valence-electron chi connectivity index (χ1n) is 5.69. The van der Waals surface area contributed by atoms with E-state index < -0.39 is 0 Å². The second-order valence-electron chi connectivity index (χ2n) is 4.32. The molecule has 88 valence electrons. The fourth-order valence-corrected chi connectivity index (χ4v) is 1.92. The van der Waals surface area contributed by atoms with Gasteiger partial charge in [0.1, 0.15) is 5.82 Å². The Labute approximate surface area is 96.6 Å². The molecule has 1 aliphatic heterocycles. The SMILES string of the molecule is CN(C)c1ncccc1CNC1CCOC1. The van der Waals surface area contributed by atoms with Crippen molar-refractivity contribution in [3.05, 3.63) is 23.9 Å². The van der Waals surface area contributed by atoms with Gasteiger partial charge >= 0.3 is 0 Å². The van der Waals surface area contributed by atoms with Gasteiger partial charge < -0.3 is 15.0 Å². The zero-order valence-electron chi connectivity index (χ0n) is 9.94. The molecule has 4 heteroatoms. The summed E-state index contributed by atoms with van der Waals surface area (Å²) < 4.78 is 5.33. The van der Waals surface area contributed by atoms with E-state index >= 15 is 0 Å². The summed E-state index contributed by atoms with van der Waals surface area (Å²) in [4.78, 5) is 6.42. The van der Waals surface area contributed by atoms with Gasteiger partial charge in [-0.1, -0.05) is 6.07 Å². The van der Waals surface area contributed by atoms with Crippen molar-refractivity contribution in [1.29, 1.82) is 0 Å². The summed E-state index contributed by atoms with van der Waals surface area (Å²) in [6.07, 6.45) is 2.94. The molecular formula is C12H19N3O. The highest BCUT2D eigenvalue weighted by atomic mass is 16.5. The summed E-state index contributed by atoms with van der Waals surface area (Å²) in [6, 6.07) is 4.59. The number of hydrogen-bond donors (Lipinski definition) is 1. The molecule has 1 atom stereocenters. The number of pyridine rings is 1. The maximum atomic E-state index is 5.33. The van der Waals surface area contributed by atoms with Gasteiger partial charge in [-0.15, -0.1) is 0 Å². The topological polar surface area (TPSA) is 37.4 Å². The van der Waals surface area contributed by atoms with Crippen LogP contribution in [-0.4, -0.2) is 38.3 Å². The molecule has 1 N–H and O–H groups in total. The molecule has 1 aliphatic rings. The van der Waals surface area contributed by atoms with Gasteiger partial charge in [-0.3, -0.25) is 0 Å². The van der Waals surface area contributed by atoms with Gasteiger partial charge in [0.25, 0.3) is 0 Å². The van der Waals surface area contributed by atoms with E-state index in [4.69, 9.17) is 4.74 Å². The molecule has 2 heterocycles. The Morgan fingerprint density at radius 2 is 2.44 bits per heavy atom. The number of hydrogen-bond acceptors (Lipinski definition) is 4. The molecule has 0 bridgehead atoms. The van der Waals surface area contributed by atoms with Crippen LogP contribution in [-0.2, 0) is 11.3 Å². The standard InChI is InChI=1S/C12H19N3O/c1-15(2)12-10(4-3-6-13-12)8-14-11-5-7-16-9-11/h3-4,6,11,14H,5,7-9H2,1-2H3. The molecule has 2 rings (SSSR count). The van der Waals surface area contributed by atoms with Crippen LogP contribution in [0.25, 0.3) is 0 Å². The van der Waals surface area contributed by atoms with Crippen LogP contribution in [0.15, 0.2) is 18.3 Å². The fourth-order valence-electron chi connectivity index (χ4n) is 1.92. The van der Waals surface area contributed by atoms with Crippen molar-refractivity contribution < 1.29 is 4.74 Å². The quantitative estimate of drug-likeness (QED) is 0.824. The lowest BCUT2D eigenvalue weighted by Gasteiger charge is -2.17. The van der Waals surface area contributed by atoms with E-state index in [1.807, 2.05) is 31.3 Å². The van der Waals surface area contributed by atoms with Crippen LogP contribution in [0, 0.1) is 0 Å². The van der Waals surface area contributed by atoms with E-state index in [9.17, 15) is 0 Å². The third-order valence-corrected chi connectivity index (χ3v) is 2.80. The molecule has 1 saturated heterocycles. The van der Waals surface area contributed by atoms with E-state index in [1.54, 1.807) is 0 Å². The summed E-state index contributed by atoms with van der Waals surface area (Å²) >= 11 is 0. The highest BCUT2D eigenvalue weighted by Gasteiger charge is 2.15. The Bertz CT molecular complexity index is 335. The van der Waals surface area contributed by atoms with Gasteiger partial charge in [-0.2, -0.15) is 0 Å². The van der Waals surface area contributed by atoms with E-state index in [0.29, 0.717) is 6.04 Å². The second kappa shape index (κ2) is 5.27. The largest absolute Gasteiger partial charge is 0.380 e. The van der Waals surface area contributed by atoms with E-state index in [1.165, 1.54) is 5.56 Å². The predicted molar refractivity (Wildman–Crippen MR) is 64.6 cm³/mol. The molecule has 1 aromatic rings. The maximum absolute atomic E-state index is 5.33. The van der Waals surface area contributed by atoms with Crippen molar-refractivity contribution in [1.82, 2.24) is 10.3 Å². The summed E-state index contributed by atoms with van der Waals surface area (Å²) in [5, 5.41) is 3.50. The molecule has 0 saturated carbocycles. The third kappa shape index (κ3) is 2.71. The zero-order chi connectivity index (χ0) is 11.4. The number of aromatic nitrogens is 1. The number of ether oxygens (including phenoxy) is 1. The van der Waals surface area contributed by atoms with Crippen LogP contribution < -0.4 is 10.2 Å². The van der Waals surface area contributed by atoms with Crippen LogP contribution in [0.2, 0.25) is 0 Å². The molecule has 1 unspecified atom stereocenters. The Hall–Kier alpha value is -1.13. The van der Waals surface area contributed by atoms with E-state index in [0.717, 1.165) is 32.0 Å². The second-order valence-corrected chi connectivity index (χ2v) is 4.32. The maximum Gasteiger partial charge on any atom is 0.132 e. The summed E-state index contributed by atoms with van der Waals surface area (Å²) in [5.74, 6) is 1.04. The molecule has 0 radical (unpaired) electrons. The fraction of sp³-hybridized carbons (Fsp3) is 0.583. The first-order valence-corrected chi connectivity index (χ1v) is 5.69. The minimum atomic E-state index is 0.496. The highest BCUT2D eigenvalue weighted by molar-refractivity contribution is 5.45. The lowest BCUT2D eigenvalue weighted by atomic mass is 10.2. The molecule has 4 nitrogen and oxygen atoms in total. The summed E-state index contributed by atoms with van der Waals surface area (Å²) in [5.41, 5.74) is 1.24. The number of nitrogens with zero attached hydrogens (tertiary/aromatic N) is 2. The van der Waals surface area contributed by atoms with E-state index in [2.05, 4.69) is 16.4 Å². The summed E-state index contributed by atoms with van der Waals surface area (Å²) in [7, 11) is 4.04. The van der Waals surface area contributed by atoms with Gasteiger partial charge in [0, 0.05) is 45.0 Å². The van der Waals surface area contributed by atoms with Crippen LogP contribution >= 0.6 is 0 Å². The summed E-state index contributed by atoms with van der Waals surface area (Å²) in [6.45, 7) is 2.57. The van der Waals surface area contributed by atoms with Crippen LogP contribution in [0.1, 0.15) is 12.0 Å². The van der Waals surface area contributed by atoms with Gasteiger partial charge in [0.2, 0.25) is 0 Å². The Kier molecular flexibility index (Phi) is 3.74. The van der Waals surface area contributed by atoms with Crippen molar-refractivity contribution in [2.75, 3.05) is 32.2 Å². The lowest BCUT2D eigenvalue weighted by molar-refractivity contribution is 0.190. The first-order chi connectivity index (χ1) is 7.77. The first kappa shape index (κ1) is 11.4. The van der Waals surface area contributed by atoms with Gasteiger partial charge in [-0.05, 0) is 12.5 Å². The molecule has 0 amide bonds. The van der Waals surface area contributed by atoms with Gasteiger partial charge in [-0.25, -0.2) is 4.98 Å². The lowest BCUT2D eigenvalue weighted by Crippen LogP contribution is -2.29.